The third kappa shape index (κ3) is 2.82. The van der Waals surface area contributed by atoms with E-state index in [0.29, 0.717) is 12.2 Å². The van der Waals surface area contributed by atoms with Crippen LogP contribution in [0.4, 0.5) is 11.4 Å². The molecule has 0 aliphatic heterocycles. The summed E-state index contributed by atoms with van der Waals surface area (Å²) in [6.45, 7) is 2.54. The Labute approximate surface area is 111 Å². The molecule has 0 unspecified atom stereocenters. The van der Waals surface area contributed by atoms with Gasteiger partial charge in [-0.05, 0) is 36.2 Å². The van der Waals surface area contributed by atoms with E-state index in [2.05, 4.69) is 10.3 Å². The number of pyridine rings is 1. The van der Waals surface area contributed by atoms with E-state index < -0.39 is 5.97 Å². The second-order valence-corrected chi connectivity index (χ2v) is 4.23. The fraction of sp³-hybridized carbons (Fsp3) is 0.143. The van der Waals surface area contributed by atoms with Gasteiger partial charge in [0.25, 0.3) is 0 Å². The lowest BCUT2D eigenvalue weighted by atomic mass is 10.1. The third-order valence-corrected chi connectivity index (χ3v) is 2.94. The first-order chi connectivity index (χ1) is 9.09. The molecule has 19 heavy (non-hydrogen) atoms. The van der Waals surface area contributed by atoms with Crippen LogP contribution >= 0.6 is 0 Å². The number of carboxylic acid groups (broad SMARTS) is 1. The summed E-state index contributed by atoms with van der Waals surface area (Å²) in [6.07, 6.45) is 3.51. The Morgan fingerprint density at radius 1 is 1.42 bits per heavy atom. The van der Waals surface area contributed by atoms with Gasteiger partial charge in [0, 0.05) is 18.9 Å². The number of hydrogen-bond donors (Lipinski definition) is 3. The van der Waals surface area contributed by atoms with Crippen molar-refractivity contribution in [2.45, 2.75) is 13.5 Å². The van der Waals surface area contributed by atoms with Gasteiger partial charge in [0.1, 0.15) is 0 Å². The predicted octanol–water partition coefficient (Wildman–Crippen LogP) is 2.28. The number of nitrogens with zero attached hydrogens (tertiary/aromatic N) is 1. The van der Waals surface area contributed by atoms with Crippen LogP contribution in [-0.4, -0.2) is 16.1 Å². The second-order valence-electron chi connectivity index (χ2n) is 4.23. The molecule has 0 radical (unpaired) electrons. The van der Waals surface area contributed by atoms with E-state index in [0.717, 1.165) is 11.1 Å². The molecule has 98 valence electrons. The number of benzene rings is 1. The fourth-order valence-electron chi connectivity index (χ4n) is 1.80. The number of nitrogens with two attached hydrogens (primary N) is 1. The van der Waals surface area contributed by atoms with Crippen molar-refractivity contribution in [2.75, 3.05) is 11.1 Å². The molecule has 0 spiro atoms. The van der Waals surface area contributed by atoms with E-state index in [9.17, 15) is 4.79 Å². The van der Waals surface area contributed by atoms with Gasteiger partial charge >= 0.3 is 5.97 Å². The van der Waals surface area contributed by atoms with Crippen LogP contribution in [0.2, 0.25) is 0 Å². The Bertz CT molecular complexity index is 611. The third-order valence-electron chi connectivity index (χ3n) is 2.94. The summed E-state index contributed by atoms with van der Waals surface area (Å²) in [5.74, 6) is -1.03. The van der Waals surface area contributed by atoms with Crippen molar-refractivity contribution in [2.24, 2.45) is 0 Å². The van der Waals surface area contributed by atoms with Crippen molar-refractivity contribution in [1.82, 2.24) is 4.98 Å². The van der Waals surface area contributed by atoms with Crippen LogP contribution in [0.5, 0.6) is 0 Å². The van der Waals surface area contributed by atoms with Crippen LogP contribution in [0.3, 0.4) is 0 Å². The average Bonchev–Trinajstić information content (AvgIpc) is 2.39. The summed E-state index contributed by atoms with van der Waals surface area (Å²) in [5.41, 5.74) is 8.98. The Morgan fingerprint density at radius 2 is 2.21 bits per heavy atom. The summed E-state index contributed by atoms with van der Waals surface area (Å²) in [7, 11) is 0. The van der Waals surface area contributed by atoms with Gasteiger partial charge < -0.3 is 16.2 Å². The molecule has 1 aromatic heterocycles. The topological polar surface area (TPSA) is 88.2 Å². The molecule has 5 heteroatoms. The first-order valence-corrected chi connectivity index (χ1v) is 5.84. The van der Waals surface area contributed by atoms with E-state index in [-0.39, 0.29) is 11.3 Å². The summed E-state index contributed by atoms with van der Waals surface area (Å²) in [6, 6.07) is 6.83. The number of carbonyl (C=O) groups is 1. The highest BCUT2D eigenvalue weighted by Gasteiger charge is 2.10. The maximum atomic E-state index is 11.0. The van der Waals surface area contributed by atoms with Gasteiger partial charge in [0.05, 0.1) is 16.9 Å². The van der Waals surface area contributed by atoms with Gasteiger partial charge in [-0.25, -0.2) is 4.79 Å². The molecule has 0 aliphatic carbocycles. The number of para-hydroxylation sites is 1. The maximum absolute atomic E-state index is 11.0. The molecule has 0 saturated carbocycles. The number of anilines is 2. The van der Waals surface area contributed by atoms with E-state index in [4.69, 9.17) is 10.8 Å². The molecule has 2 aromatic rings. The fourth-order valence-corrected chi connectivity index (χ4v) is 1.80. The van der Waals surface area contributed by atoms with Gasteiger partial charge in [-0.2, -0.15) is 0 Å². The van der Waals surface area contributed by atoms with Crippen molar-refractivity contribution in [3.8, 4) is 0 Å². The molecule has 0 atom stereocenters. The molecule has 0 bridgehead atoms. The number of nitrogen functional groups attached to an aromatic ring is 1. The standard InChI is InChI=1S/C14H15N3O2/c1-9-7-16-6-5-10(9)8-17-12-4-2-3-11(13(12)15)14(18)19/h2-7,17H,8,15H2,1H3,(H,18,19). The van der Waals surface area contributed by atoms with Gasteiger partial charge in [0.2, 0.25) is 0 Å². The lowest BCUT2D eigenvalue weighted by Crippen LogP contribution is -2.08. The minimum absolute atomic E-state index is 0.108. The Morgan fingerprint density at radius 3 is 2.89 bits per heavy atom. The minimum Gasteiger partial charge on any atom is -0.478 e. The van der Waals surface area contributed by atoms with Gasteiger partial charge in [-0.15, -0.1) is 0 Å². The summed E-state index contributed by atoms with van der Waals surface area (Å²) >= 11 is 0. The van der Waals surface area contributed by atoms with Crippen molar-refractivity contribution in [1.29, 1.82) is 0 Å². The van der Waals surface area contributed by atoms with Crippen LogP contribution in [0.15, 0.2) is 36.7 Å². The van der Waals surface area contributed by atoms with Crippen LogP contribution < -0.4 is 11.1 Å². The van der Waals surface area contributed by atoms with Crippen LogP contribution in [0, 0.1) is 6.92 Å². The molecule has 0 fully saturated rings. The zero-order chi connectivity index (χ0) is 13.8. The first-order valence-electron chi connectivity index (χ1n) is 5.84. The molecule has 0 saturated heterocycles. The Balaban J connectivity index is 2.19. The van der Waals surface area contributed by atoms with Gasteiger partial charge in [0.15, 0.2) is 0 Å². The monoisotopic (exact) mass is 257 g/mol. The zero-order valence-corrected chi connectivity index (χ0v) is 10.6. The molecule has 1 aromatic carbocycles. The van der Waals surface area contributed by atoms with Gasteiger partial charge in [-0.3, -0.25) is 4.98 Å². The highest BCUT2D eigenvalue weighted by molar-refractivity contribution is 5.97. The highest BCUT2D eigenvalue weighted by atomic mass is 16.4. The molecule has 2 rings (SSSR count). The number of carboxylic acids is 1. The largest absolute Gasteiger partial charge is 0.478 e. The molecule has 1 heterocycles. The quantitative estimate of drug-likeness (QED) is 0.731. The first kappa shape index (κ1) is 12.9. The van der Waals surface area contributed by atoms with Gasteiger partial charge in [-0.1, -0.05) is 6.07 Å². The average molecular weight is 257 g/mol. The minimum atomic E-state index is -1.03. The van der Waals surface area contributed by atoms with E-state index in [1.807, 2.05) is 13.0 Å². The number of aromatic nitrogens is 1. The number of hydrogen-bond acceptors (Lipinski definition) is 4. The number of nitrogens with one attached hydrogen (secondary N) is 1. The Kier molecular flexibility index (Phi) is 3.66. The van der Waals surface area contributed by atoms with E-state index >= 15 is 0 Å². The van der Waals surface area contributed by atoms with Crippen LogP contribution in [0.25, 0.3) is 0 Å². The van der Waals surface area contributed by atoms with E-state index in [1.54, 1.807) is 24.5 Å². The summed E-state index contributed by atoms with van der Waals surface area (Å²) in [4.78, 5) is 15.0. The summed E-state index contributed by atoms with van der Waals surface area (Å²) in [5, 5.41) is 12.2. The normalized spacial score (nSPS) is 10.2. The molecular weight excluding hydrogens is 242 g/mol. The lowest BCUT2D eigenvalue weighted by molar-refractivity contribution is 0.0698. The number of aryl methyl sites for hydroxylation is 1. The highest BCUT2D eigenvalue weighted by Crippen LogP contribution is 2.23. The molecule has 0 amide bonds. The molecular formula is C14H15N3O2. The van der Waals surface area contributed by atoms with Crippen molar-refractivity contribution in [3.63, 3.8) is 0 Å². The van der Waals surface area contributed by atoms with Crippen LogP contribution in [-0.2, 0) is 6.54 Å². The number of rotatable bonds is 4. The lowest BCUT2D eigenvalue weighted by Gasteiger charge is -2.12. The molecule has 4 N–H and O–H groups in total. The van der Waals surface area contributed by atoms with Crippen molar-refractivity contribution in [3.05, 3.63) is 53.3 Å². The van der Waals surface area contributed by atoms with E-state index in [1.165, 1.54) is 6.07 Å². The Hall–Kier alpha value is -2.56. The van der Waals surface area contributed by atoms with Crippen LogP contribution in [0.1, 0.15) is 21.5 Å². The second kappa shape index (κ2) is 5.39. The molecule has 5 nitrogen and oxygen atoms in total. The maximum Gasteiger partial charge on any atom is 0.337 e. The predicted molar refractivity (Wildman–Crippen MR) is 74.1 cm³/mol. The van der Waals surface area contributed by atoms with Crippen molar-refractivity contribution >= 4 is 17.3 Å². The zero-order valence-electron chi connectivity index (χ0n) is 10.6. The SMILES string of the molecule is Cc1cnccc1CNc1cccc(C(=O)O)c1N. The molecule has 0 aliphatic rings. The summed E-state index contributed by atoms with van der Waals surface area (Å²) < 4.78 is 0. The number of aromatic carboxylic acids is 1. The van der Waals surface area contributed by atoms with Crippen molar-refractivity contribution < 1.29 is 9.90 Å². The smallest absolute Gasteiger partial charge is 0.337 e.